The average molecular weight is 258 g/mol. The van der Waals surface area contributed by atoms with Gasteiger partial charge in [-0.05, 0) is 20.0 Å². The van der Waals surface area contributed by atoms with Gasteiger partial charge in [0.15, 0.2) is 10.9 Å². The minimum absolute atomic E-state index is 0.0933. The Bertz CT molecular complexity index is 388. The van der Waals surface area contributed by atoms with Crippen LogP contribution in [-0.4, -0.2) is 19.0 Å². The van der Waals surface area contributed by atoms with E-state index in [9.17, 15) is 0 Å². The summed E-state index contributed by atoms with van der Waals surface area (Å²) in [6.07, 6.45) is 0. The van der Waals surface area contributed by atoms with Crippen LogP contribution in [0.5, 0.6) is 5.75 Å². The molecule has 1 rings (SSSR count). The van der Waals surface area contributed by atoms with E-state index in [4.69, 9.17) is 16.0 Å². The zero-order valence-electron chi connectivity index (χ0n) is 10.7. The summed E-state index contributed by atoms with van der Waals surface area (Å²) in [6.45, 7) is 12.2. The van der Waals surface area contributed by atoms with E-state index in [1.165, 1.54) is 0 Å². The third-order valence-corrected chi connectivity index (χ3v) is 2.82. The summed E-state index contributed by atoms with van der Waals surface area (Å²) >= 11 is 6.12. The van der Waals surface area contributed by atoms with Crippen molar-refractivity contribution in [3.63, 3.8) is 0 Å². The number of hydrogen-bond donors (Lipinski definition) is 0. The molecule has 89 valence electrons. The summed E-state index contributed by atoms with van der Waals surface area (Å²) in [4.78, 5) is 8.60. The van der Waals surface area contributed by atoms with Crippen molar-refractivity contribution in [2.45, 2.75) is 46.2 Å². The lowest BCUT2D eigenvalue weighted by Crippen LogP contribution is -2.21. The lowest BCUT2D eigenvalue weighted by Gasteiger charge is -2.23. The summed E-state index contributed by atoms with van der Waals surface area (Å²) in [7, 11) is -0.868. The molecule has 0 spiro atoms. The zero-order valence-corrected chi connectivity index (χ0v) is 12.4. The third-order valence-electron chi connectivity index (χ3n) is 1.95. The molecule has 0 atom stereocenters. The Morgan fingerprint density at radius 1 is 1.19 bits per heavy atom. The monoisotopic (exact) mass is 257 g/mol. The van der Waals surface area contributed by atoms with E-state index in [1.54, 1.807) is 0 Å². The molecule has 1 heterocycles. The highest BCUT2D eigenvalue weighted by molar-refractivity contribution is 6.49. The van der Waals surface area contributed by atoms with Gasteiger partial charge in [-0.1, -0.05) is 32.4 Å². The Hall–Kier alpha value is -0.613. The van der Waals surface area contributed by atoms with Gasteiger partial charge in [0, 0.05) is 5.41 Å². The fraction of sp³-hybridized carbons (Fsp3) is 0.636. The van der Waals surface area contributed by atoms with E-state index >= 15 is 0 Å². The fourth-order valence-electron chi connectivity index (χ4n) is 1.33. The largest absolute Gasteiger partial charge is 0.539 e. The molecular formula is C11H18ClN2OSi. The predicted octanol–water partition coefficient (Wildman–Crippen LogP) is 3.37. The summed E-state index contributed by atoms with van der Waals surface area (Å²) in [6, 6.07) is 0. The Morgan fingerprint density at radius 3 is 2.19 bits per heavy atom. The standard InChI is InChI=1S/C11H18ClN2OSi/c1-7-13-9(11(2,3)4)8(10(12)14-7)15-16(5)6/h1-6H3. The van der Waals surface area contributed by atoms with Crippen LogP contribution in [0.25, 0.3) is 0 Å². The number of rotatable bonds is 2. The van der Waals surface area contributed by atoms with E-state index in [-0.39, 0.29) is 5.41 Å². The molecule has 0 bridgehead atoms. The number of aryl methyl sites for hydroxylation is 1. The van der Waals surface area contributed by atoms with Gasteiger partial charge in [-0.3, -0.25) is 0 Å². The SMILES string of the molecule is Cc1nc(Cl)c(O[Si](C)C)c(C(C)(C)C)n1. The van der Waals surface area contributed by atoms with Gasteiger partial charge in [-0.2, -0.15) is 0 Å². The maximum absolute atomic E-state index is 6.12. The second-order valence-corrected chi connectivity index (χ2v) is 7.38. The van der Waals surface area contributed by atoms with Crippen LogP contribution in [0, 0.1) is 6.92 Å². The van der Waals surface area contributed by atoms with Crippen molar-refractivity contribution in [3.05, 3.63) is 16.7 Å². The summed E-state index contributed by atoms with van der Waals surface area (Å²) < 4.78 is 5.80. The molecule has 0 aliphatic carbocycles. The molecule has 1 aromatic heterocycles. The molecule has 16 heavy (non-hydrogen) atoms. The first-order chi connectivity index (χ1) is 7.21. The van der Waals surface area contributed by atoms with Crippen LogP contribution in [0.4, 0.5) is 0 Å². The van der Waals surface area contributed by atoms with Gasteiger partial charge >= 0.3 is 0 Å². The highest BCUT2D eigenvalue weighted by atomic mass is 35.5. The fourth-order valence-corrected chi connectivity index (χ4v) is 2.25. The summed E-state index contributed by atoms with van der Waals surface area (Å²) in [5.74, 6) is 1.34. The summed E-state index contributed by atoms with van der Waals surface area (Å²) in [5.41, 5.74) is 0.792. The highest BCUT2D eigenvalue weighted by Crippen LogP contribution is 2.34. The number of halogens is 1. The minimum atomic E-state index is -0.868. The molecule has 3 nitrogen and oxygen atoms in total. The van der Waals surface area contributed by atoms with Gasteiger partial charge < -0.3 is 4.43 Å². The van der Waals surface area contributed by atoms with Crippen LogP contribution in [0.2, 0.25) is 18.2 Å². The normalized spacial score (nSPS) is 12.0. The van der Waals surface area contributed by atoms with E-state index in [0.717, 1.165) is 5.69 Å². The first-order valence-electron chi connectivity index (χ1n) is 5.24. The van der Waals surface area contributed by atoms with Gasteiger partial charge in [0.05, 0.1) is 5.69 Å². The van der Waals surface area contributed by atoms with E-state index < -0.39 is 9.04 Å². The Balaban J connectivity index is 3.33. The van der Waals surface area contributed by atoms with Gasteiger partial charge in [0.1, 0.15) is 5.82 Å². The maximum Gasteiger partial charge on any atom is 0.274 e. The van der Waals surface area contributed by atoms with Crippen LogP contribution in [0.1, 0.15) is 32.3 Å². The minimum Gasteiger partial charge on any atom is -0.539 e. The highest BCUT2D eigenvalue weighted by Gasteiger charge is 2.25. The van der Waals surface area contributed by atoms with Gasteiger partial charge in [-0.15, -0.1) is 0 Å². The van der Waals surface area contributed by atoms with Crippen LogP contribution < -0.4 is 4.43 Å². The van der Waals surface area contributed by atoms with E-state index in [1.807, 2.05) is 6.92 Å². The van der Waals surface area contributed by atoms with E-state index in [2.05, 4.69) is 43.8 Å². The number of aromatic nitrogens is 2. The quantitative estimate of drug-likeness (QED) is 0.602. The van der Waals surface area contributed by atoms with Gasteiger partial charge in [0.2, 0.25) is 0 Å². The van der Waals surface area contributed by atoms with Crippen molar-refractivity contribution in [1.82, 2.24) is 9.97 Å². The zero-order chi connectivity index (χ0) is 12.5. The third kappa shape index (κ3) is 3.19. The second kappa shape index (κ2) is 4.71. The molecule has 0 aromatic carbocycles. The van der Waals surface area contributed by atoms with Crippen LogP contribution >= 0.6 is 11.6 Å². The Morgan fingerprint density at radius 2 is 1.75 bits per heavy atom. The maximum atomic E-state index is 6.12. The number of hydrogen-bond acceptors (Lipinski definition) is 3. The van der Waals surface area contributed by atoms with Crippen molar-refractivity contribution in [2.24, 2.45) is 0 Å². The van der Waals surface area contributed by atoms with Crippen LogP contribution in [-0.2, 0) is 5.41 Å². The molecule has 1 radical (unpaired) electrons. The summed E-state index contributed by atoms with van der Waals surface area (Å²) in [5, 5.41) is 0.420. The molecule has 0 unspecified atom stereocenters. The van der Waals surface area contributed by atoms with Gasteiger partial charge in [0.25, 0.3) is 9.04 Å². The molecule has 5 heteroatoms. The van der Waals surface area contributed by atoms with Crippen molar-refractivity contribution in [2.75, 3.05) is 0 Å². The lowest BCUT2D eigenvalue weighted by molar-refractivity contribution is 0.498. The van der Waals surface area contributed by atoms with E-state index in [0.29, 0.717) is 16.7 Å². The molecule has 0 fully saturated rings. The molecule has 0 aliphatic heterocycles. The first kappa shape index (κ1) is 13.5. The van der Waals surface area contributed by atoms with Crippen molar-refractivity contribution >= 4 is 20.6 Å². The molecule has 0 saturated carbocycles. The average Bonchev–Trinajstić information content (AvgIpc) is 2.06. The second-order valence-electron chi connectivity index (χ2n) is 5.00. The predicted molar refractivity (Wildman–Crippen MR) is 68.6 cm³/mol. The first-order valence-corrected chi connectivity index (χ1v) is 8.03. The Labute approximate surface area is 104 Å². The van der Waals surface area contributed by atoms with Crippen LogP contribution in [0.15, 0.2) is 0 Å². The van der Waals surface area contributed by atoms with Crippen molar-refractivity contribution < 1.29 is 4.43 Å². The Kier molecular flexibility index (Phi) is 3.96. The van der Waals surface area contributed by atoms with Crippen LogP contribution in [0.3, 0.4) is 0 Å². The molecule has 1 aromatic rings. The molecule has 0 saturated heterocycles. The van der Waals surface area contributed by atoms with Crippen molar-refractivity contribution in [3.8, 4) is 5.75 Å². The molecule has 0 N–H and O–H groups in total. The molecule has 0 amide bonds. The smallest absolute Gasteiger partial charge is 0.274 e. The van der Waals surface area contributed by atoms with Gasteiger partial charge in [-0.25, -0.2) is 9.97 Å². The molecule has 0 aliphatic rings. The van der Waals surface area contributed by atoms with Crippen molar-refractivity contribution in [1.29, 1.82) is 0 Å². The number of nitrogens with zero attached hydrogens (tertiary/aromatic N) is 2. The molecular weight excluding hydrogens is 240 g/mol. The lowest BCUT2D eigenvalue weighted by atomic mass is 9.91. The topological polar surface area (TPSA) is 35.0 Å².